The summed E-state index contributed by atoms with van der Waals surface area (Å²) in [6.07, 6.45) is 2.20. The van der Waals surface area contributed by atoms with E-state index in [0.29, 0.717) is 17.4 Å². The third-order valence-corrected chi connectivity index (χ3v) is 4.37. The third kappa shape index (κ3) is 3.62. The van der Waals surface area contributed by atoms with Gasteiger partial charge in [-0.25, -0.2) is 0 Å². The highest BCUT2D eigenvalue weighted by molar-refractivity contribution is 5.92. The first kappa shape index (κ1) is 15.7. The number of carbonyl (C=O) groups is 1. The molecule has 1 unspecified atom stereocenters. The van der Waals surface area contributed by atoms with Crippen molar-refractivity contribution in [1.29, 1.82) is 0 Å². The third-order valence-electron chi connectivity index (χ3n) is 4.37. The fourth-order valence-corrected chi connectivity index (χ4v) is 3.10. The van der Waals surface area contributed by atoms with Gasteiger partial charge in [-0.05, 0) is 39.3 Å². The molecule has 1 fully saturated rings. The minimum Gasteiger partial charge on any atom is -0.350 e. The Morgan fingerprint density at radius 2 is 2.17 bits per heavy atom. The van der Waals surface area contributed by atoms with Crippen LogP contribution in [0.15, 0.2) is 34.9 Å². The van der Waals surface area contributed by atoms with E-state index >= 15 is 0 Å². The van der Waals surface area contributed by atoms with Crippen molar-refractivity contribution in [2.24, 2.45) is 5.92 Å². The second-order valence-electron chi connectivity index (χ2n) is 6.26. The number of amides is 1. The summed E-state index contributed by atoms with van der Waals surface area (Å²) in [6, 6.07) is 9.78. The molecule has 1 aliphatic heterocycles. The molecule has 0 bridgehead atoms. The van der Waals surface area contributed by atoms with Crippen LogP contribution in [0, 0.1) is 12.8 Å². The van der Waals surface area contributed by atoms with Gasteiger partial charge in [0, 0.05) is 24.7 Å². The maximum Gasteiger partial charge on any atom is 0.292 e. The van der Waals surface area contributed by atoms with Crippen molar-refractivity contribution in [3.8, 4) is 11.3 Å². The molecular weight excluding hydrogens is 290 g/mol. The largest absolute Gasteiger partial charge is 0.350 e. The molecule has 0 saturated carbocycles. The summed E-state index contributed by atoms with van der Waals surface area (Å²) in [5.41, 5.74) is 2.86. The standard InChI is InChI=1S/C18H23N3O2/c1-13-5-7-15(8-6-13)16-10-17(23-20-16)18(22)21-9-3-4-14(12-21)11-19-2/h5-8,10,14,19H,3-4,9,11-12H2,1-2H3. The quantitative estimate of drug-likeness (QED) is 0.943. The topological polar surface area (TPSA) is 58.4 Å². The minimum atomic E-state index is -0.0586. The molecule has 5 nitrogen and oxygen atoms in total. The molecule has 1 amide bonds. The molecule has 2 aromatic rings. The van der Waals surface area contributed by atoms with Crippen molar-refractivity contribution in [3.63, 3.8) is 0 Å². The number of hydrogen-bond donors (Lipinski definition) is 1. The Morgan fingerprint density at radius 1 is 1.39 bits per heavy atom. The van der Waals surface area contributed by atoms with Crippen molar-refractivity contribution in [2.75, 3.05) is 26.7 Å². The van der Waals surface area contributed by atoms with Crippen LogP contribution in [-0.2, 0) is 0 Å². The van der Waals surface area contributed by atoms with Crippen LogP contribution in [0.4, 0.5) is 0 Å². The number of rotatable bonds is 4. The van der Waals surface area contributed by atoms with E-state index < -0.39 is 0 Å². The summed E-state index contributed by atoms with van der Waals surface area (Å²) in [7, 11) is 1.95. The number of likely N-dealkylation sites (tertiary alicyclic amines) is 1. The van der Waals surface area contributed by atoms with Crippen LogP contribution in [0.3, 0.4) is 0 Å². The lowest BCUT2D eigenvalue weighted by Gasteiger charge is -2.31. The molecule has 23 heavy (non-hydrogen) atoms. The molecule has 2 heterocycles. The molecule has 1 aliphatic rings. The van der Waals surface area contributed by atoms with E-state index in [4.69, 9.17) is 4.52 Å². The zero-order valence-corrected chi connectivity index (χ0v) is 13.7. The summed E-state index contributed by atoms with van der Waals surface area (Å²) < 4.78 is 5.30. The van der Waals surface area contributed by atoms with Crippen molar-refractivity contribution < 1.29 is 9.32 Å². The van der Waals surface area contributed by atoms with Gasteiger partial charge < -0.3 is 14.7 Å². The Bertz CT molecular complexity index is 661. The monoisotopic (exact) mass is 313 g/mol. The summed E-state index contributed by atoms with van der Waals surface area (Å²) in [5.74, 6) is 0.777. The first-order valence-corrected chi connectivity index (χ1v) is 8.15. The number of benzene rings is 1. The van der Waals surface area contributed by atoms with Gasteiger partial charge in [0.25, 0.3) is 5.91 Å². The minimum absolute atomic E-state index is 0.0586. The van der Waals surface area contributed by atoms with E-state index in [-0.39, 0.29) is 5.91 Å². The molecule has 0 spiro atoms. The first-order valence-electron chi connectivity index (χ1n) is 8.15. The van der Waals surface area contributed by atoms with Gasteiger partial charge in [0.2, 0.25) is 5.76 Å². The van der Waals surface area contributed by atoms with Crippen molar-refractivity contribution in [1.82, 2.24) is 15.4 Å². The van der Waals surface area contributed by atoms with E-state index in [1.807, 2.05) is 43.1 Å². The summed E-state index contributed by atoms with van der Waals surface area (Å²) in [5, 5.41) is 7.25. The fraction of sp³-hybridized carbons (Fsp3) is 0.444. The highest BCUT2D eigenvalue weighted by Crippen LogP contribution is 2.22. The highest BCUT2D eigenvalue weighted by Gasteiger charge is 2.26. The number of nitrogens with zero attached hydrogens (tertiary/aromatic N) is 2. The average molecular weight is 313 g/mol. The van der Waals surface area contributed by atoms with Gasteiger partial charge in [0.1, 0.15) is 5.69 Å². The fourth-order valence-electron chi connectivity index (χ4n) is 3.10. The predicted octanol–water partition coefficient (Wildman–Crippen LogP) is 2.72. The molecule has 1 atom stereocenters. The second-order valence-corrected chi connectivity index (χ2v) is 6.26. The summed E-state index contributed by atoms with van der Waals surface area (Å²) >= 11 is 0. The van der Waals surface area contributed by atoms with Gasteiger partial charge in [0.05, 0.1) is 0 Å². The van der Waals surface area contributed by atoms with Crippen molar-refractivity contribution in [2.45, 2.75) is 19.8 Å². The van der Waals surface area contributed by atoms with Crippen LogP contribution >= 0.6 is 0 Å². The number of carbonyl (C=O) groups excluding carboxylic acids is 1. The van der Waals surface area contributed by atoms with E-state index in [0.717, 1.165) is 38.0 Å². The molecule has 5 heteroatoms. The SMILES string of the molecule is CNCC1CCCN(C(=O)c2cc(-c3ccc(C)cc3)no2)C1. The Kier molecular flexibility index (Phi) is 4.76. The average Bonchev–Trinajstić information content (AvgIpc) is 3.05. The van der Waals surface area contributed by atoms with Crippen LogP contribution in [0.2, 0.25) is 0 Å². The van der Waals surface area contributed by atoms with Gasteiger partial charge in [-0.1, -0.05) is 35.0 Å². The maximum absolute atomic E-state index is 12.6. The summed E-state index contributed by atoms with van der Waals surface area (Å²) in [6.45, 7) is 4.55. The van der Waals surface area contributed by atoms with Crippen LogP contribution < -0.4 is 5.32 Å². The van der Waals surface area contributed by atoms with Gasteiger partial charge in [-0.3, -0.25) is 4.79 Å². The molecule has 0 aliphatic carbocycles. The number of piperidine rings is 1. The summed E-state index contributed by atoms with van der Waals surface area (Å²) in [4.78, 5) is 14.5. The van der Waals surface area contributed by atoms with Gasteiger partial charge in [-0.2, -0.15) is 0 Å². The van der Waals surface area contributed by atoms with Gasteiger partial charge in [-0.15, -0.1) is 0 Å². The molecular formula is C18H23N3O2. The molecule has 1 aromatic carbocycles. The van der Waals surface area contributed by atoms with Crippen LogP contribution in [0.5, 0.6) is 0 Å². The lowest BCUT2D eigenvalue weighted by atomic mass is 9.98. The van der Waals surface area contributed by atoms with Crippen molar-refractivity contribution >= 4 is 5.91 Å². The van der Waals surface area contributed by atoms with Crippen LogP contribution in [-0.4, -0.2) is 42.6 Å². The maximum atomic E-state index is 12.6. The zero-order valence-electron chi connectivity index (χ0n) is 13.7. The van der Waals surface area contributed by atoms with E-state index in [1.54, 1.807) is 6.07 Å². The predicted molar refractivity (Wildman–Crippen MR) is 89.2 cm³/mol. The smallest absolute Gasteiger partial charge is 0.292 e. The number of aryl methyl sites for hydroxylation is 1. The van der Waals surface area contributed by atoms with Gasteiger partial charge in [0.15, 0.2) is 0 Å². The Morgan fingerprint density at radius 3 is 2.91 bits per heavy atom. The molecule has 3 rings (SSSR count). The normalized spacial score (nSPS) is 18.2. The second kappa shape index (κ2) is 6.96. The molecule has 1 saturated heterocycles. The van der Waals surface area contributed by atoms with E-state index in [2.05, 4.69) is 10.5 Å². The van der Waals surface area contributed by atoms with Gasteiger partial charge >= 0.3 is 0 Å². The Hall–Kier alpha value is -2.14. The lowest BCUT2D eigenvalue weighted by Crippen LogP contribution is -2.42. The molecule has 0 radical (unpaired) electrons. The molecule has 1 N–H and O–H groups in total. The highest BCUT2D eigenvalue weighted by atomic mass is 16.5. The number of nitrogens with one attached hydrogen (secondary N) is 1. The molecule has 1 aromatic heterocycles. The first-order chi connectivity index (χ1) is 11.2. The van der Waals surface area contributed by atoms with Crippen LogP contribution in [0.1, 0.15) is 29.0 Å². The number of aromatic nitrogens is 1. The Labute approximate surface area is 136 Å². The van der Waals surface area contributed by atoms with E-state index in [1.165, 1.54) is 5.56 Å². The van der Waals surface area contributed by atoms with Crippen molar-refractivity contribution in [3.05, 3.63) is 41.7 Å². The molecule has 122 valence electrons. The number of hydrogen-bond acceptors (Lipinski definition) is 4. The zero-order chi connectivity index (χ0) is 16.2. The van der Waals surface area contributed by atoms with E-state index in [9.17, 15) is 4.79 Å². The lowest BCUT2D eigenvalue weighted by molar-refractivity contribution is 0.0632. The van der Waals surface area contributed by atoms with Crippen LogP contribution in [0.25, 0.3) is 11.3 Å². The Balaban J connectivity index is 1.72.